The van der Waals surface area contributed by atoms with Crippen LogP contribution in [0, 0.1) is 11.6 Å². The predicted octanol–water partition coefficient (Wildman–Crippen LogP) is 3.72. The third-order valence-electron chi connectivity index (χ3n) is 5.08. The first-order valence-electron chi connectivity index (χ1n) is 9.19. The molecule has 5 nitrogen and oxygen atoms in total. The lowest BCUT2D eigenvalue weighted by Gasteiger charge is -2.20. The van der Waals surface area contributed by atoms with Crippen LogP contribution in [0.2, 0.25) is 0 Å². The van der Waals surface area contributed by atoms with Crippen LogP contribution in [0.1, 0.15) is 30.5 Å². The summed E-state index contributed by atoms with van der Waals surface area (Å²) in [6, 6.07) is 7.77. The van der Waals surface area contributed by atoms with Gasteiger partial charge in [0, 0.05) is 6.07 Å². The lowest BCUT2D eigenvalue weighted by Crippen LogP contribution is -2.38. The molecule has 1 amide bonds. The van der Waals surface area contributed by atoms with Crippen LogP contribution >= 0.6 is 0 Å². The quantitative estimate of drug-likeness (QED) is 0.540. The summed E-state index contributed by atoms with van der Waals surface area (Å²) in [5.41, 5.74) is -2.14. The Morgan fingerprint density at radius 1 is 1.13 bits per heavy atom. The molecular formula is C20H17F5N2O3. The minimum absolute atomic E-state index is 0.00426. The van der Waals surface area contributed by atoms with E-state index in [1.807, 2.05) is 0 Å². The number of pyridine rings is 1. The molecule has 0 unspecified atom stereocenters. The van der Waals surface area contributed by atoms with Gasteiger partial charge in [-0.1, -0.05) is 12.1 Å². The van der Waals surface area contributed by atoms with Crippen LogP contribution in [-0.2, 0) is 20.7 Å². The van der Waals surface area contributed by atoms with Crippen LogP contribution in [0.4, 0.5) is 22.0 Å². The van der Waals surface area contributed by atoms with E-state index in [9.17, 15) is 26.7 Å². The lowest BCUT2D eigenvalue weighted by molar-refractivity contribution is -0.154. The third kappa shape index (κ3) is 4.23. The molecule has 2 fully saturated rings. The fourth-order valence-corrected chi connectivity index (χ4v) is 3.41. The molecule has 4 rings (SSSR count). The molecule has 30 heavy (non-hydrogen) atoms. The van der Waals surface area contributed by atoms with Crippen molar-refractivity contribution in [1.82, 2.24) is 10.3 Å². The number of rotatable bonds is 7. The second kappa shape index (κ2) is 7.19. The Morgan fingerprint density at radius 3 is 2.33 bits per heavy atom. The Kier molecular flexibility index (Phi) is 4.92. The van der Waals surface area contributed by atoms with Gasteiger partial charge in [0.15, 0.2) is 6.61 Å². The number of hydrogen-bond donors (Lipinski definition) is 1. The van der Waals surface area contributed by atoms with Crippen molar-refractivity contribution in [3.63, 3.8) is 0 Å². The molecule has 2 aromatic rings. The van der Waals surface area contributed by atoms with Crippen molar-refractivity contribution in [2.45, 2.75) is 36.6 Å². The molecular weight excluding hydrogens is 411 g/mol. The summed E-state index contributed by atoms with van der Waals surface area (Å²) in [4.78, 5) is 16.7. The lowest BCUT2D eigenvalue weighted by atomic mass is 9.94. The monoisotopic (exact) mass is 428 g/mol. The fourth-order valence-electron chi connectivity index (χ4n) is 3.41. The van der Waals surface area contributed by atoms with E-state index in [4.69, 9.17) is 4.74 Å². The van der Waals surface area contributed by atoms with Gasteiger partial charge in [-0.05, 0) is 31.0 Å². The molecule has 2 aliphatic rings. The second-order valence-electron chi connectivity index (χ2n) is 7.45. The first kappa shape index (κ1) is 20.5. The van der Waals surface area contributed by atoms with Crippen LogP contribution in [-0.4, -0.2) is 30.3 Å². The second-order valence-corrected chi connectivity index (χ2v) is 7.45. The van der Waals surface area contributed by atoms with Crippen molar-refractivity contribution in [2.24, 2.45) is 0 Å². The molecule has 1 aliphatic heterocycles. The van der Waals surface area contributed by atoms with Gasteiger partial charge in [0.1, 0.15) is 17.2 Å². The van der Waals surface area contributed by atoms with Crippen LogP contribution in [0.3, 0.4) is 0 Å². The summed E-state index contributed by atoms with van der Waals surface area (Å²) < 4.78 is 75.1. The first-order valence-corrected chi connectivity index (χ1v) is 9.19. The van der Waals surface area contributed by atoms with E-state index in [1.54, 1.807) is 6.07 Å². The summed E-state index contributed by atoms with van der Waals surface area (Å²) in [5.74, 6) is -2.30. The van der Waals surface area contributed by atoms with Crippen LogP contribution in [0.5, 0.6) is 5.88 Å². The Bertz CT molecular complexity index is 951. The highest BCUT2D eigenvalue weighted by Crippen LogP contribution is 2.47. The number of ether oxygens (including phenoxy) is 2. The fraction of sp³-hybridized carbons (Fsp3) is 0.400. The van der Waals surface area contributed by atoms with Gasteiger partial charge in [0.2, 0.25) is 11.8 Å². The SMILES string of the molecule is O=C(C[C@]1(c2c(F)cccc2F)CO1)NC1(c2cccc(OCC(F)(F)F)n2)CC1. The number of epoxide rings is 1. The number of aromatic nitrogens is 1. The number of amides is 1. The number of hydrogen-bond acceptors (Lipinski definition) is 4. The van der Waals surface area contributed by atoms with Crippen molar-refractivity contribution in [3.8, 4) is 5.88 Å². The van der Waals surface area contributed by atoms with Gasteiger partial charge in [-0.25, -0.2) is 13.8 Å². The maximum Gasteiger partial charge on any atom is 0.422 e. The molecule has 0 spiro atoms. The molecule has 1 saturated carbocycles. The van der Waals surface area contributed by atoms with Crippen LogP contribution in [0.25, 0.3) is 0 Å². The van der Waals surface area contributed by atoms with Gasteiger partial charge in [-0.3, -0.25) is 4.79 Å². The largest absolute Gasteiger partial charge is 0.468 e. The summed E-state index contributed by atoms with van der Waals surface area (Å²) in [6.07, 6.45) is -3.74. The number of carbonyl (C=O) groups excluding carboxylic acids is 1. The Hall–Kier alpha value is -2.75. The summed E-state index contributed by atoms with van der Waals surface area (Å²) in [6.45, 7) is -1.47. The maximum absolute atomic E-state index is 14.1. The standard InChI is InChI=1S/C20H17F5N2O3/c21-12-3-1-4-13(22)17(12)19(10-30-19)9-15(28)27-18(7-8-18)14-5-2-6-16(26-14)29-11-20(23,24)25/h1-6H,7-11H2,(H,27,28)/t19-/m1/s1. The highest BCUT2D eigenvalue weighted by Gasteiger charge is 2.54. The molecule has 2 heterocycles. The molecule has 1 aromatic carbocycles. The summed E-state index contributed by atoms with van der Waals surface area (Å²) in [5, 5.41) is 2.78. The Morgan fingerprint density at radius 2 is 1.77 bits per heavy atom. The van der Waals surface area contributed by atoms with Gasteiger partial charge < -0.3 is 14.8 Å². The summed E-state index contributed by atoms with van der Waals surface area (Å²) >= 11 is 0. The summed E-state index contributed by atoms with van der Waals surface area (Å²) in [7, 11) is 0. The van der Waals surface area contributed by atoms with Crippen molar-refractivity contribution >= 4 is 5.91 Å². The number of nitrogens with one attached hydrogen (secondary N) is 1. The molecule has 1 N–H and O–H groups in total. The smallest absolute Gasteiger partial charge is 0.422 e. The van der Waals surface area contributed by atoms with Crippen LogP contribution < -0.4 is 10.1 Å². The zero-order valence-electron chi connectivity index (χ0n) is 15.6. The average Bonchev–Trinajstić information content (AvgIpc) is 3.58. The van der Waals surface area contributed by atoms with Crippen LogP contribution in [0.15, 0.2) is 36.4 Å². The minimum atomic E-state index is -4.50. The molecule has 1 aliphatic carbocycles. The minimum Gasteiger partial charge on any atom is -0.468 e. The van der Waals surface area contributed by atoms with E-state index in [2.05, 4.69) is 15.0 Å². The van der Waals surface area contributed by atoms with E-state index in [-0.39, 0.29) is 24.5 Å². The molecule has 160 valence electrons. The number of halogens is 5. The number of alkyl halides is 3. The van der Waals surface area contributed by atoms with Gasteiger partial charge in [-0.15, -0.1) is 0 Å². The first-order chi connectivity index (χ1) is 14.1. The topological polar surface area (TPSA) is 63.8 Å². The number of nitrogens with zero attached hydrogens (tertiary/aromatic N) is 1. The normalized spacial score (nSPS) is 21.8. The van der Waals surface area contributed by atoms with E-state index in [1.165, 1.54) is 18.2 Å². The van der Waals surface area contributed by atoms with Crippen molar-refractivity contribution in [1.29, 1.82) is 0 Å². The van der Waals surface area contributed by atoms with E-state index in [0.717, 1.165) is 12.1 Å². The maximum atomic E-state index is 14.1. The van der Waals surface area contributed by atoms with Crippen molar-refractivity contribution in [2.75, 3.05) is 13.2 Å². The molecule has 1 saturated heterocycles. The molecule has 1 aromatic heterocycles. The molecule has 10 heteroatoms. The Labute approximate surface area is 168 Å². The third-order valence-corrected chi connectivity index (χ3v) is 5.08. The van der Waals surface area contributed by atoms with E-state index < -0.39 is 41.5 Å². The van der Waals surface area contributed by atoms with Gasteiger partial charge in [-0.2, -0.15) is 13.2 Å². The Balaban J connectivity index is 1.45. The molecule has 0 radical (unpaired) electrons. The van der Waals surface area contributed by atoms with Gasteiger partial charge in [0.25, 0.3) is 0 Å². The number of benzene rings is 1. The zero-order chi connectivity index (χ0) is 21.6. The highest BCUT2D eigenvalue weighted by atomic mass is 19.4. The highest BCUT2D eigenvalue weighted by molar-refractivity contribution is 5.79. The van der Waals surface area contributed by atoms with E-state index >= 15 is 0 Å². The zero-order valence-corrected chi connectivity index (χ0v) is 15.6. The van der Waals surface area contributed by atoms with Crippen molar-refractivity contribution < 1.29 is 36.2 Å². The average molecular weight is 428 g/mol. The van der Waals surface area contributed by atoms with Gasteiger partial charge in [0.05, 0.1) is 29.8 Å². The molecule has 0 bridgehead atoms. The van der Waals surface area contributed by atoms with E-state index in [0.29, 0.717) is 18.5 Å². The van der Waals surface area contributed by atoms with Crippen molar-refractivity contribution in [3.05, 3.63) is 59.3 Å². The number of carbonyl (C=O) groups is 1. The van der Waals surface area contributed by atoms with Gasteiger partial charge >= 0.3 is 6.18 Å². The predicted molar refractivity (Wildman–Crippen MR) is 93.4 cm³/mol. The molecule has 1 atom stereocenters.